The molecule has 0 aromatic heterocycles. The van der Waals surface area contributed by atoms with Gasteiger partial charge in [-0.2, -0.15) is 0 Å². The Balaban J connectivity index is 1.03. The van der Waals surface area contributed by atoms with Crippen molar-refractivity contribution in [3.63, 3.8) is 0 Å². The molecule has 0 radical (unpaired) electrons. The molecule has 0 fully saturated rings. The summed E-state index contributed by atoms with van der Waals surface area (Å²) in [6.07, 6.45) is 0. The van der Waals surface area contributed by atoms with Gasteiger partial charge in [-0.1, -0.05) is 180 Å². The smallest absolute Gasteiger partial charge is 0.151 e. The summed E-state index contributed by atoms with van der Waals surface area (Å²) in [5, 5.41) is 2.63. The highest BCUT2D eigenvalue weighted by Crippen LogP contribution is 2.54. The molecule has 298 valence electrons. The average molecular weight is 826 g/mol. The summed E-state index contributed by atoms with van der Waals surface area (Å²) < 4.78 is 13.7. The molecule has 3 aliphatic rings. The number of hydrogen-bond donors (Lipinski definition) is 0. The molecule has 0 spiro atoms. The zero-order valence-corrected chi connectivity index (χ0v) is 37.2. The van der Waals surface area contributed by atoms with Crippen molar-refractivity contribution in [1.82, 2.24) is 0 Å². The summed E-state index contributed by atoms with van der Waals surface area (Å²) in [6.45, 7) is 14.2. The first-order chi connectivity index (χ1) is 29.5. The lowest BCUT2D eigenvalue weighted by Gasteiger charge is -2.36. The van der Waals surface area contributed by atoms with E-state index in [0.29, 0.717) is 0 Å². The van der Waals surface area contributed by atoms with Crippen LogP contribution in [0.25, 0.3) is 22.3 Å². The molecular formula is C56H47NO2SSi. The van der Waals surface area contributed by atoms with Crippen LogP contribution in [0, 0.1) is 0 Å². The van der Waals surface area contributed by atoms with Crippen molar-refractivity contribution < 1.29 is 9.47 Å². The monoisotopic (exact) mass is 825 g/mol. The molecule has 3 aliphatic heterocycles. The van der Waals surface area contributed by atoms with Crippen molar-refractivity contribution in [1.29, 1.82) is 0 Å². The third kappa shape index (κ3) is 5.85. The molecule has 3 nitrogen and oxygen atoms in total. The van der Waals surface area contributed by atoms with E-state index in [0.717, 1.165) is 51.2 Å². The lowest BCUT2D eigenvalue weighted by molar-refractivity contribution is 0.419. The van der Waals surface area contributed by atoms with Gasteiger partial charge in [0.15, 0.2) is 5.75 Å². The molecule has 11 rings (SSSR count). The maximum absolute atomic E-state index is 6.95. The van der Waals surface area contributed by atoms with Crippen LogP contribution in [0.5, 0.6) is 23.0 Å². The zero-order valence-electron chi connectivity index (χ0n) is 35.4. The number of anilines is 3. The van der Waals surface area contributed by atoms with E-state index in [1.54, 1.807) is 0 Å². The van der Waals surface area contributed by atoms with Gasteiger partial charge in [0, 0.05) is 48.7 Å². The van der Waals surface area contributed by atoms with Crippen LogP contribution < -0.4 is 24.7 Å². The number of rotatable bonds is 5. The van der Waals surface area contributed by atoms with Gasteiger partial charge in [0.2, 0.25) is 0 Å². The van der Waals surface area contributed by atoms with Crippen molar-refractivity contribution in [3.8, 4) is 45.3 Å². The van der Waals surface area contributed by atoms with E-state index in [4.69, 9.17) is 9.47 Å². The topological polar surface area (TPSA) is 21.7 Å². The van der Waals surface area contributed by atoms with Gasteiger partial charge in [0.25, 0.3) is 0 Å². The first-order valence-electron chi connectivity index (χ1n) is 21.3. The van der Waals surface area contributed by atoms with E-state index >= 15 is 0 Å². The Hall–Kier alpha value is -6.27. The number of para-hydroxylation sites is 4. The van der Waals surface area contributed by atoms with Crippen LogP contribution in [0.15, 0.2) is 186 Å². The van der Waals surface area contributed by atoms with Crippen molar-refractivity contribution in [2.45, 2.75) is 61.4 Å². The zero-order chi connectivity index (χ0) is 41.7. The first-order valence-corrected chi connectivity index (χ1v) is 25.1. The van der Waals surface area contributed by atoms with Crippen LogP contribution in [0.3, 0.4) is 0 Å². The molecule has 3 heterocycles. The second-order valence-electron chi connectivity index (χ2n) is 18.1. The predicted octanol–water partition coefficient (Wildman–Crippen LogP) is 14.6. The van der Waals surface area contributed by atoms with Gasteiger partial charge in [-0.3, -0.25) is 0 Å². The largest absolute Gasteiger partial charge is 0.456 e. The molecule has 61 heavy (non-hydrogen) atoms. The molecular weight excluding hydrogens is 779 g/mol. The van der Waals surface area contributed by atoms with Crippen molar-refractivity contribution in [2.75, 3.05) is 4.90 Å². The van der Waals surface area contributed by atoms with Gasteiger partial charge in [-0.15, -0.1) is 0 Å². The fraction of sp³-hybridized carbons (Fsp3) is 0.143. The number of ether oxygens (including phenoxy) is 2. The second-order valence-corrected chi connectivity index (χ2v) is 23.5. The predicted molar refractivity (Wildman–Crippen MR) is 257 cm³/mol. The lowest BCUT2D eigenvalue weighted by Crippen LogP contribution is -2.56. The molecule has 0 saturated carbocycles. The SMILES string of the molecule is CC1(C)c2ccccc2Oc2c(-c3ccc(N(c4ccc(-c5cccc6c5Sc5ccccc5C6(C)C)cc4)c4cccc5c4Oc4ccccc4[Si]5(C)C)cc3)cccc21. The molecule has 8 aromatic rings. The average Bonchev–Trinajstić information content (AvgIpc) is 3.27. The molecule has 8 aromatic carbocycles. The Kier molecular flexibility index (Phi) is 8.58. The Labute approximate surface area is 364 Å². The fourth-order valence-corrected chi connectivity index (χ4v) is 14.4. The highest BCUT2D eigenvalue weighted by molar-refractivity contribution is 7.99. The van der Waals surface area contributed by atoms with Gasteiger partial charge < -0.3 is 14.4 Å². The van der Waals surface area contributed by atoms with Crippen LogP contribution in [0.2, 0.25) is 13.1 Å². The van der Waals surface area contributed by atoms with Crippen LogP contribution in [0.1, 0.15) is 49.9 Å². The lowest BCUT2D eigenvalue weighted by atomic mass is 9.75. The maximum Gasteiger partial charge on any atom is 0.151 e. The minimum Gasteiger partial charge on any atom is -0.456 e. The van der Waals surface area contributed by atoms with Gasteiger partial charge in [0.1, 0.15) is 25.3 Å². The number of fused-ring (bicyclic) bond motifs is 6. The number of hydrogen-bond acceptors (Lipinski definition) is 4. The van der Waals surface area contributed by atoms with E-state index in [9.17, 15) is 0 Å². The standard InChI is InChI=1S/C56H47NO2SSi/c1-55(2)42-18-7-9-23-47(42)58-52-40(16-13-20-44(52)55)36-28-32-38(33-29-36)57(46-22-15-27-51-53(46)59-48-24-10-12-26-50(48)61(51,5)6)39-34-30-37(31-35-39)41-17-14-21-45-54(41)60-49-25-11-8-19-43(49)56(45,3)4/h7-35H,1-6H3. The van der Waals surface area contributed by atoms with Crippen LogP contribution in [0.4, 0.5) is 17.1 Å². The maximum atomic E-state index is 6.95. The molecule has 0 bridgehead atoms. The van der Waals surface area contributed by atoms with Gasteiger partial charge in [0.05, 0.1) is 5.69 Å². The minimum atomic E-state index is -2.09. The van der Waals surface area contributed by atoms with E-state index in [1.165, 1.54) is 53.5 Å². The molecule has 0 saturated heterocycles. The Morgan fingerprint density at radius 3 is 1.70 bits per heavy atom. The summed E-state index contributed by atoms with van der Waals surface area (Å²) >= 11 is 1.89. The van der Waals surface area contributed by atoms with Crippen molar-refractivity contribution >= 4 is 47.3 Å². The van der Waals surface area contributed by atoms with E-state index in [-0.39, 0.29) is 10.8 Å². The van der Waals surface area contributed by atoms with Gasteiger partial charge in [-0.05, 0) is 86.7 Å². The van der Waals surface area contributed by atoms with Crippen LogP contribution in [-0.2, 0) is 10.8 Å². The molecule has 5 heteroatoms. The van der Waals surface area contributed by atoms with E-state index < -0.39 is 8.07 Å². The summed E-state index contributed by atoms with van der Waals surface area (Å²) in [7, 11) is -2.09. The molecule has 0 unspecified atom stereocenters. The minimum absolute atomic E-state index is 0.0932. The van der Waals surface area contributed by atoms with E-state index in [2.05, 4.69) is 222 Å². The number of benzene rings is 8. The molecule has 0 aliphatic carbocycles. The Morgan fingerprint density at radius 1 is 0.443 bits per heavy atom. The fourth-order valence-electron chi connectivity index (χ4n) is 10.0. The highest BCUT2D eigenvalue weighted by atomic mass is 32.2. The molecule has 0 amide bonds. The molecule has 0 atom stereocenters. The third-order valence-electron chi connectivity index (χ3n) is 13.5. The quantitative estimate of drug-likeness (QED) is 0.161. The van der Waals surface area contributed by atoms with E-state index in [1.807, 2.05) is 11.8 Å². The summed E-state index contributed by atoms with van der Waals surface area (Å²) in [5.74, 6) is 3.74. The number of nitrogens with zero attached hydrogens (tertiary/aromatic N) is 1. The van der Waals surface area contributed by atoms with Gasteiger partial charge in [-0.25, -0.2) is 0 Å². The summed E-state index contributed by atoms with van der Waals surface area (Å²) in [5.41, 5.74) is 12.7. The normalized spacial score (nSPS) is 15.6. The summed E-state index contributed by atoms with van der Waals surface area (Å²) in [6, 6.07) is 64.0. The summed E-state index contributed by atoms with van der Waals surface area (Å²) in [4.78, 5) is 5.04. The van der Waals surface area contributed by atoms with Crippen molar-refractivity contribution in [2.24, 2.45) is 0 Å². The molecule has 0 N–H and O–H groups in total. The Bertz CT molecular complexity index is 2890. The first kappa shape index (κ1) is 37.7. The second kappa shape index (κ2) is 13.9. The van der Waals surface area contributed by atoms with Crippen molar-refractivity contribution in [3.05, 3.63) is 198 Å². The van der Waals surface area contributed by atoms with Gasteiger partial charge >= 0.3 is 0 Å². The highest BCUT2D eigenvalue weighted by Gasteiger charge is 2.39. The third-order valence-corrected chi connectivity index (χ3v) is 18.2. The van der Waals surface area contributed by atoms with Crippen LogP contribution >= 0.6 is 11.8 Å². The Morgan fingerprint density at radius 2 is 0.967 bits per heavy atom. The van der Waals surface area contributed by atoms with Crippen LogP contribution in [-0.4, -0.2) is 8.07 Å².